The standard InChI is InChI=1S/C23H22N2O2/c26-20-8-3-5-17(15-20)11-13-24-23(27)25-14-12-19(16-25)22-10-4-7-18-6-1-2-9-21(18)22/h1-10,12,15,26H,11,13-14,16H2,(H,24,27). The Kier molecular flexibility index (Phi) is 4.79. The number of nitrogens with zero attached hydrogens (tertiary/aromatic N) is 1. The summed E-state index contributed by atoms with van der Waals surface area (Å²) >= 11 is 0. The number of phenols is 1. The van der Waals surface area contributed by atoms with Crippen molar-refractivity contribution in [3.05, 3.63) is 83.9 Å². The van der Waals surface area contributed by atoms with E-state index in [1.54, 1.807) is 12.1 Å². The lowest BCUT2D eigenvalue weighted by molar-refractivity contribution is 0.211. The number of carbonyl (C=O) groups is 1. The Balaban J connectivity index is 1.36. The molecule has 1 aliphatic rings. The van der Waals surface area contributed by atoms with E-state index in [2.05, 4.69) is 41.7 Å². The van der Waals surface area contributed by atoms with Gasteiger partial charge in [-0.1, -0.05) is 60.7 Å². The number of amides is 2. The Bertz CT molecular complexity index is 1000. The van der Waals surface area contributed by atoms with Crippen LogP contribution in [0.1, 0.15) is 11.1 Å². The largest absolute Gasteiger partial charge is 0.508 e. The van der Waals surface area contributed by atoms with Crippen molar-refractivity contribution in [2.24, 2.45) is 0 Å². The zero-order valence-corrected chi connectivity index (χ0v) is 15.1. The van der Waals surface area contributed by atoms with E-state index in [0.29, 0.717) is 26.1 Å². The van der Waals surface area contributed by atoms with Gasteiger partial charge in [0.1, 0.15) is 5.75 Å². The molecule has 4 heteroatoms. The molecule has 0 atom stereocenters. The Morgan fingerprint density at radius 1 is 1.04 bits per heavy atom. The number of hydrogen-bond acceptors (Lipinski definition) is 2. The molecule has 0 radical (unpaired) electrons. The summed E-state index contributed by atoms with van der Waals surface area (Å²) in [5.41, 5.74) is 3.39. The number of fused-ring (bicyclic) bond motifs is 1. The molecule has 2 N–H and O–H groups in total. The van der Waals surface area contributed by atoms with E-state index in [0.717, 1.165) is 5.56 Å². The molecule has 3 aromatic carbocycles. The van der Waals surface area contributed by atoms with Crippen LogP contribution < -0.4 is 5.32 Å². The topological polar surface area (TPSA) is 52.6 Å². The van der Waals surface area contributed by atoms with Crippen molar-refractivity contribution in [3.8, 4) is 5.75 Å². The third-order valence-corrected chi connectivity index (χ3v) is 4.94. The van der Waals surface area contributed by atoms with Gasteiger partial charge in [0.25, 0.3) is 0 Å². The molecule has 0 saturated carbocycles. The van der Waals surface area contributed by atoms with Gasteiger partial charge in [-0.05, 0) is 46.0 Å². The predicted octanol–water partition coefficient (Wildman–Crippen LogP) is 4.20. The summed E-state index contributed by atoms with van der Waals surface area (Å²) in [7, 11) is 0. The fourth-order valence-electron chi connectivity index (χ4n) is 3.55. The van der Waals surface area contributed by atoms with E-state index < -0.39 is 0 Å². The number of hydrogen-bond donors (Lipinski definition) is 2. The average molecular weight is 358 g/mol. The fraction of sp³-hybridized carbons (Fsp3) is 0.174. The Morgan fingerprint density at radius 3 is 2.74 bits per heavy atom. The molecule has 0 bridgehead atoms. The summed E-state index contributed by atoms with van der Waals surface area (Å²) < 4.78 is 0. The second kappa shape index (κ2) is 7.54. The van der Waals surface area contributed by atoms with Crippen molar-refractivity contribution in [3.63, 3.8) is 0 Å². The summed E-state index contributed by atoms with van der Waals surface area (Å²) in [4.78, 5) is 14.3. The molecule has 27 heavy (non-hydrogen) atoms. The lowest BCUT2D eigenvalue weighted by atomic mass is 9.99. The zero-order valence-electron chi connectivity index (χ0n) is 15.1. The van der Waals surface area contributed by atoms with Gasteiger partial charge in [-0.2, -0.15) is 0 Å². The highest BCUT2D eigenvalue weighted by molar-refractivity contribution is 5.95. The molecule has 0 aliphatic carbocycles. The monoisotopic (exact) mass is 358 g/mol. The van der Waals surface area contributed by atoms with Crippen LogP contribution in [0.25, 0.3) is 16.3 Å². The molecule has 136 valence electrons. The van der Waals surface area contributed by atoms with Crippen LogP contribution in [0.2, 0.25) is 0 Å². The summed E-state index contributed by atoms with van der Waals surface area (Å²) in [6.07, 6.45) is 2.83. The Morgan fingerprint density at radius 2 is 1.85 bits per heavy atom. The van der Waals surface area contributed by atoms with Gasteiger partial charge >= 0.3 is 6.03 Å². The molecule has 4 nitrogen and oxygen atoms in total. The van der Waals surface area contributed by atoms with Gasteiger partial charge in [0.05, 0.1) is 0 Å². The first-order valence-corrected chi connectivity index (χ1v) is 9.18. The van der Waals surface area contributed by atoms with Crippen molar-refractivity contribution < 1.29 is 9.90 Å². The van der Waals surface area contributed by atoms with Gasteiger partial charge in [0.15, 0.2) is 0 Å². The maximum Gasteiger partial charge on any atom is 0.317 e. The summed E-state index contributed by atoms with van der Waals surface area (Å²) in [5.74, 6) is 0.252. The molecule has 3 aromatic rings. The van der Waals surface area contributed by atoms with Crippen LogP contribution in [0.4, 0.5) is 4.79 Å². The Hall–Kier alpha value is -3.27. The smallest absolute Gasteiger partial charge is 0.317 e. The molecular formula is C23H22N2O2. The van der Waals surface area contributed by atoms with Crippen LogP contribution in [-0.4, -0.2) is 35.7 Å². The number of urea groups is 1. The van der Waals surface area contributed by atoms with Crippen molar-refractivity contribution in [1.82, 2.24) is 10.2 Å². The number of aromatic hydroxyl groups is 1. The minimum atomic E-state index is -0.0540. The SMILES string of the molecule is O=C(NCCc1cccc(O)c1)N1CC=C(c2cccc3ccccc23)C1. The molecule has 2 amide bonds. The fourth-order valence-corrected chi connectivity index (χ4v) is 3.55. The summed E-state index contributed by atoms with van der Waals surface area (Å²) in [6.45, 7) is 1.78. The average Bonchev–Trinajstić information content (AvgIpc) is 3.18. The molecule has 0 spiro atoms. The quantitative estimate of drug-likeness (QED) is 0.734. The number of phenolic OH excluding ortho intramolecular Hbond substituents is 1. The number of nitrogens with one attached hydrogen (secondary N) is 1. The maximum atomic E-state index is 12.5. The third-order valence-electron chi connectivity index (χ3n) is 4.94. The molecule has 1 aliphatic heterocycles. The third kappa shape index (κ3) is 3.80. The van der Waals surface area contributed by atoms with Gasteiger partial charge in [-0.15, -0.1) is 0 Å². The second-order valence-electron chi connectivity index (χ2n) is 6.79. The second-order valence-corrected chi connectivity index (χ2v) is 6.79. The van der Waals surface area contributed by atoms with Gasteiger partial charge in [-0.3, -0.25) is 0 Å². The molecule has 0 saturated heterocycles. The predicted molar refractivity (Wildman–Crippen MR) is 109 cm³/mol. The molecule has 0 unspecified atom stereocenters. The van der Waals surface area contributed by atoms with E-state index in [1.165, 1.54) is 21.9 Å². The van der Waals surface area contributed by atoms with Crippen molar-refractivity contribution >= 4 is 22.4 Å². The van der Waals surface area contributed by atoms with Crippen molar-refractivity contribution in [2.75, 3.05) is 19.6 Å². The molecule has 0 aromatic heterocycles. The Labute approximate surface area is 158 Å². The lowest BCUT2D eigenvalue weighted by Gasteiger charge is -2.18. The lowest BCUT2D eigenvalue weighted by Crippen LogP contribution is -2.39. The molecule has 0 fully saturated rings. The number of carbonyl (C=O) groups excluding carboxylic acids is 1. The van der Waals surface area contributed by atoms with E-state index in [9.17, 15) is 9.90 Å². The summed E-state index contributed by atoms with van der Waals surface area (Å²) in [6, 6.07) is 21.7. The van der Waals surface area contributed by atoms with Crippen LogP contribution >= 0.6 is 0 Å². The number of rotatable bonds is 4. The van der Waals surface area contributed by atoms with Crippen molar-refractivity contribution in [1.29, 1.82) is 0 Å². The highest BCUT2D eigenvalue weighted by atomic mass is 16.3. The first-order valence-electron chi connectivity index (χ1n) is 9.18. The minimum Gasteiger partial charge on any atom is -0.508 e. The van der Waals surface area contributed by atoms with E-state index >= 15 is 0 Å². The maximum absolute atomic E-state index is 12.5. The van der Waals surface area contributed by atoms with Crippen molar-refractivity contribution in [2.45, 2.75) is 6.42 Å². The van der Waals surface area contributed by atoms with Gasteiger partial charge in [0.2, 0.25) is 0 Å². The van der Waals surface area contributed by atoms with Crippen LogP contribution in [0.3, 0.4) is 0 Å². The van der Waals surface area contributed by atoms with Crippen LogP contribution in [0, 0.1) is 0 Å². The summed E-state index contributed by atoms with van der Waals surface area (Å²) in [5, 5.41) is 14.9. The molecular weight excluding hydrogens is 336 g/mol. The van der Waals surface area contributed by atoms with Gasteiger partial charge in [0, 0.05) is 19.6 Å². The first-order chi connectivity index (χ1) is 13.2. The van der Waals surface area contributed by atoms with Crippen LogP contribution in [-0.2, 0) is 6.42 Å². The molecule has 1 heterocycles. The van der Waals surface area contributed by atoms with Crippen LogP contribution in [0.15, 0.2) is 72.8 Å². The van der Waals surface area contributed by atoms with E-state index in [4.69, 9.17) is 0 Å². The van der Waals surface area contributed by atoms with E-state index in [1.807, 2.05) is 29.2 Å². The number of benzene rings is 3. The van der Waals surface area contributed by atoms with Crippen LogP contribution in [0.5, 0.6) is 5.75 Å². The van der Waals surface area contributed by atoms with E-state index in [-0.39, 0.29) is 11.8 Å². The zero-order chi connectivity index (χ0) is 18.6. The highest BCUT2D eigenvalue weighted by Crippen LogP contribution is 2.28. The van der Waals surface area contributed by atoms with Gasteiger partial charge < -0.3 is 15.3 Å². The highest BCUT2D eigenvalue weighted by Gasteiger charge is 2.21. The normalized spacial score (nSPS) is 13.6. The minimum absolute atomic E-state index is 0.0540. The van der Waals surface area contributed by atoms with Gasteiger partial charge in [-0.25, -0.2) is 4.79 Å². The first kappa shape index (κ1) is 17.2. The molecule has 4 rings (SSSR count).